The van der Waals surface area contributed by atoms with Gasteiger partial charge in [-0.05, 0) is 44.6 Å². The summed E-state index contributed by atoms with van der Waals surface area (Å²) in [6.45, 7) is 4.76. The van der Waals surface area contributed by atoms with Crippen molar-refractivity contribution >= 4 is 30.7 Å². The molecule has 2 unspecified atom stereocenters. The fraction of sp³-hybridized carbons (Fsp3) is 0.765. The molecule has 1 aromatic heterocycles. The fourth-order valence-corrected chi connectivity index (χ4v) is 3.99. The van der Waals surface area contributed by atoms with Gasteiger partial charge in [0.2, 0.25) is 5.91 Å². The zero-order chi connectivity index (χ0) is 15.6. The van der Waals surface area contributed by atoms with E-state index in [2.05, 4.69) is 16.9 Å². The Morgan fingerprint density at radius 2 is 1.96 bits per heavy atom. The van der Waals surface area contributed by atoms with E-state index in [9.17, 15) is 4.79 Å². The van der Waals surface area contributed by atoms with Gasteiger partial charge in [0.1, 0.15) is 0 Å². The molecule has 1 amide bonds. The maximum absolute atomic E-state index is 12.8. The average molecular weight is 377 g/mol. The third kappa shape index (κ3) is 4.87. The highest BCUT2D eigenvalue weighted by atomic mass is 35.5. The molecule has 0 radical (unpaired) electrons. The molecule has 2 N–H and O–H groups in total. The van der Waals surface area contributed by atoms with Crippen LogP contribution < -0.4 is 5.73 Å². The molecule has 1 saturated carbocycles. The summed E-state index contributed by atoms with van der Waals surface area (Å²) in [5.41, 5.74) is 6.07. The Morgan fingerprint density at radius 1 is 1.25 bits per heavy atom. The van der Waals surface area contributed by atoms with E-state index < -0.39 is 0 Å². The third-order valence-corrected chi connectivity index (χ3v) is 5.48. The molecule has 2 aliphatic rings. The van der Waals surface area contributed by atoms with Crippen molar-refractivity contribution in [1.29, 1.82) is 0 Å². The number of aromatic nitrogens is 2. The molecule has 3 rings (SSSR count). The molecule has 1 aliphatic carbocycles. The topological polar surface area (TPSA) is 64.2 Å². The van der Waals surface area contributed by atoms with Gasteiger partial charge >= 0.3 is 0 Å². The van der Waals surface area contributed by atoms with Crippen LogP contribution in [0.5, 0.6) is 0 Å². The smallest absolute Gasteiger partial charge is 0.227 e. The Bertz CT molecular complexity index is 499. The molecule has 1 aliphatic heterocycles. The molecule has 0 aromatic carbocycles. The number of piperidine rings is 1. The van der Waals surface area contributed by atoms with Gasteiger partial charge in [-0.2, -0.15) is 5.10 Å². The van der Waals surface area contributed by atoms with Crippen molar-refractivity contribution in [3.63, 3.8) is 0 Å². The van der Waals surface area contributed by atoms with Crippen LogP contribution >= 0.6 is 24.8 Å². The Hall–Kier alpha value is -0.780. The maximum atomic E-state index is 12.8. The molecule has 2 fully saturated rings. The summed E-state index contributed by atoms with van der Waals surface area (Å²) < 4.78 is 2.00. The van der Waals surface area contributed by atoms with Gasteiger partial charge < -0.3 is 10.6 Å². The van der Waals surface area contributed by atoms with Crippen molar-refractivity contribution in [3.8, 4) is 0 Å². The molecule has 5 nitrogen and oxygen atoms in total. The van der Waals surface area contributed by atoms with E-state index in [1.54, 1.807) is 0 Å². The number of carbonyl (C=O) groups excluding carboxylic acids is 1. The first-order valence-electron chi connectivity index (χ1n) is 8.61. The first kappa shape index (κ1) is 21.3. The van der Waals surface area contributed by atoms with Gasteiger partial charge in [-0.25, -0.2) is 0 Å². The van der Waals surface area contributed by atoms with Gasteiger partial charge in [-0.1, -0.05) is 12.8 Å². The van der Waals surface area contributed by atoms with Gasteiger partial charge in [0.25, 0.3) is 0 Å². The summed E-state index contributed by atoms with van der Waals surface area (Å²) in [6, 6.07) is 1.96. The molecule has 138 valence electrons. The van der Waals surface area contributed by atoms with Crippen molar-refractivity contribution < 1.29 is 4.79 Å². The molecule has 1 saturated heterocycles. The lowest BCUT2D eigenvalue weighted by Gasteiger charge is -2.41. The first-order valence-corrected chi connectivity index (χ1v) is 8.61. The van der Waals surface area contributed by atoms with Crippen molar-refractivity contribution in [2.45, 2.75) is 57.5 Å². The van der Waals surface area contributed by atoms with Crippen LogP contribution in [0.3, 0.4) is 0 Å². The van der Waals surface area contributed by atoms with Gasteiger partial charge in [0.05, 0.1) is 5.92 Å². The van der Waals surface area contributed by atoms with Crippen LogP contribution in [0.4, 0.5) is 0 Å². The molecular formula is C17H30Cl2N4O. The van der Waals surface area contributed by atoms with Crippen LogP contribution in [0, 0.1) is 11.8 Å². The minimum atomic E-state index is -0.318. The molecule has 0 bridgehead atoms. The largest absolute Gasteiger partial charge is 0.342 e. The summed E-state index contributed by atoms with van der Waals surface area (Å²) >= 11 is 0. The number of carbonyl (C=O) groups is 1. The quantitative estimate of drug-likeness (QED) is 0.881. The van der Waals surface area contributed by atoms with E-state index in [-0.39, 0.29) is 36.3 Å². The van der Waals surface area contributed by atoms with E-state index in [1.807, 2.05) is 23.1 Å². The third-order valence-electron chi connectivity index (χ3n) is 5.48. The first-order chi connectivity index (χ1) is 10.6. The highest BCUT2D eigenvalue weighted by Gasteiger charge is 2.40. The number of amides is 1. The van der Waals surface area contributed by atoms with E-state index >= 15 is 0 Å². The van der Waals surface area contributed by atoms with Gasteiger partial charge in [0, 0.05) is 37.6 Å². The Labute approximate surface area is 157 Å². The van der Waals surface area contributed by atoms with Gasteiger partial charge in [0.15, 0.2) is 0 Å². The molecule has 2 heterocycles. The fourth-order valence-electron chi connectivity index (χ4n) is 3.99. The molecule has 2 atom stereocenters. The number of hydrogen-bond acceptors (Lipinski definition) is 3. The normalized spacial score (nSPS) is 27.9. The number of nitrogens with zero attached hydrogens (tertiary/aromatic N) is 3. The van der Waals surface area contributed by atoms with Crippen molar-refractivity contribution in [1.82, 2.24) is 14.7 Å². The number of rotatable bonds is 3. The summed E-state index contributed by atoms with van der Waals surface area (Å²) in [5, 5.41) is 4.28. The van der Waals surface area contributed by atoms with Crippen LogP contribution in [0.1, 0.15) is 45.4 Å². The summed E-state index contributed by atoms with van der Waals surface area (Å²) in [5.74, 6) is 0.936. The van der Waals surface area contributed by atoms with Gasteiger partial charge in [-0.15, -0.1) is 24.8 Å². The highest BCUT2D eigenvalue weighted by Crippen LogP contribution is 2.34. The minimum Gasteiger partial charge on any atom is -0.342 e. The number of halogens is 2. The van der Waals surface area contributed by atoms with Gasteiger partial charge in [-0.3, -0.25) is 9.48 Å². The number of likely N-dealkylation sites (tertiary alicyclic amines) is 1. The SMILES string of the molecule is CC1(N)CCCCC1C(=O)N1CCC(Cn2cccn2)CC1.Cl.Cl. The zero-order valence-corrected chi connectivity index (χ0v) is 16.0. The summed E-state index contributed by atoms with van der Waals surface area (Å²) in [7, 11) is 0. The van der Waals surface area contributed by atoms with Crippen LogP contribution in [-0.2, 0) is 11.3 Å². The molecular weight excluding hydrogens is 347 g/mol. The molecule has 7 heteroatoms. The highest BCUT2D eigenvalue weighted by molar-refractivity contribution is 5.85. The van der Waals surface area contributed by atoms with Crippen molar-refractivity contribution in [2.75, 3.05) is 13.1 Å². The molecule has 0 spiro atoms. The monoisotopic (exact) mass is 376 g/mol. The Kier molecular flexibility index (Phi) is 8.03. The van der Waals surface area contributed by atoms with E-state index in [0.717, 1.165) is 58.2 Å². The maximum Gasteiger partial charge on any atom is 0.227 e. The lowest BCUT2D eigenvalue weighted by atomic mass is 9.73. The second-order valence-electron chi connectivity index (χ2n) is 7.30. The number of hydrogen-bond donors (Lipinski definition) is 1. The average Bonchev–Trinajstić information content (AvgIpc) is 3.00. The zero-order valence-electron chi connectivity index (χ0n) is 14.4. The van der Waals surface area contributed by atoms with Crippen LogP contribution in [0.2, 0.25) is 0 Å². The predicted molar refractivity (Wildman–Crippen MR) is 101 cm³/mol. The lowest BCUT2D eigenvalue weighted by molar-refractivity contribution is -0.140. The standard InChI is InChI=1S/C17H28N4O.2ClH/c1-17(18)8-3-2-5-15(17)16(22)20-11-6-14(7-12-20)13-21-10-4-9-19-21;;/h4,9-10,14-15H,2-3,5-8,11-13,18H2,1H3;2*1H. The summed E-state index contributed by atoms with van der Waals surface area (Å²) in [4.78, 5) is 14.9. The predicted octanol–water partition coefficient (Wildman–Crippen LogP) is 2.87. The second kappa shape index (κ2) is 9.07. The lowest BCUT2D eigenvalue weighted by Crippen LogP contribution is -2.54. The van der Waals surface area contributed by atoms with E-state index in [0.29, 0.717) is 11.8 Å². The van der Waals surface area contributed by atoms with Crippen LogP contribution in [0.15, 0.2) is 18.5 Å². The van der Waals surface area contributed by atoms with Crippen LogP contribution in [0.25, 0.3) is 0 Å². The van der Waals surface area contributed by atoms with Crippen LogP contribution in [-0.4, -0.2) is 39.2 Å². The van der Waals surface area contributed by atoms with Crippen molar-refractivity contribution in [2.24, 2.45) is 17.6 Å². The van der Waals surface area contributed by atoms with Crippen molar-refractivity contribution in [3.05, 3.63) is 18.5 Å². The van der Waals surface area contributed by atoms with E-state index in [4.69, 9.17) is 5.73 Å². The Morgan fingerprint density at radius 3 is 2.54 bits per heavy atom. The molecule has 24 heavy (non-hydrogen) atoms. The Balaban J connectivity index is 0.00000144. The number of nitrogens with two attached hydrogens (primary N) is 1. The second-order valence-corrected chi connectivity index (χ2v) is 7.30. The minimum absolute atomic E-state index is 0. The van der Waals surface area contributed by atoms with E-state index in [1.165, 1.54) is 0 Å². The molecule has 1 aromatic rings. The summed E-state index contributed by atoms with van der Waals surface area (Å²) in [6.07, 6.45) is 10.2.